The normalized spacial score (nSPS) is 10.5. The molecule has 1 amide bonds. The van der Waals surface area contributed by atoms with E-state index in [2.05, 4.69) is 10.6 Å². The van der Waals surface area contributed by atoms with E-state index in [0.29, 0.717) is 31.9 Å². The second kappa shape index (κ2) is 9.31. The molecular weight excluding hydrogens is 273 g/mol. The highest BCUT2D eigenvalue weighted by atomic mass is 19.1. The lowest BCUT2D eigenvalue weighted by Gasteiger charge is -2.22. The van der Waals surface area contributed by atoms with Crippen molar-refractivity contribution >= 4 is 11.6 Å². The molecule has 0 bridgehead atoms. The first-order valence-electron chi connectivity index (χ1n) is 7.05. The fourth-order valence-corrected chi connectivity index (χ4v) is 2.07. The van der Waals surface area contributed by atoms with Crippen molar-refractivity contribution in [2.45, 2.75) is 13.5 Å². The first-order chi connectivity index (χ1) is 10.1. The van der Waals surface area contributed by atoms with E-state index >= 15 is 0 Å². The number of carbonyl (C=O) groups is 1. The van der Waals surface area contributed by atoms with Crippen molar-refractivity contribution < 1.29 is 13.9 Å². The number of anilines is 1. The number of ether oxygens (including phenoxy) is 1. The van der Waals surface area contributed by atoms with Gasteiger partial charge in [0.1, 0.15) is 5.82 Å². The molecule has 0 saturated heterocycles. The van der Waals surface area contributed by atoms with Gasteiger partial charge >= 0.3 is 0 Å². The van der Waals surface area contributed by atoms with Gasteiger partial charge in [-0.3, -0.25) is 4.79 Å². The summed E-state index contributed by atoms with van der Waals surface area (Å²) in [7, 11) is 3.35. The molecule has 6 heteroatoms. The number of benzene rings is 1. The number of likely N-dealkylation sites (N-methyl/N-ethyl adjacent to an activating group) is 2. The maximum atomic E-state index is 14.1. The van der Waals surface area contributed by atoms with Gasteiger partial charge in [0.05, 0.1) is 18.8 Å². The number of rotatable bonds is 9. The molecule has 5 nitrogen and oxygen atoms in total. The zero-order valence-electron chi connectivity index (χ0n) is 12.9. The van der Waals surface area contributed by atoms with Gasteiger partial charge < -0.3 is 20.3 Å². The van der Waals surface area contributed by atoms with E-state index in [-0.39, 0.29) is 18.3 Å². The molecule has 0 radical (unpaired) electrons. The van der Waals surface area contributed by atoms with Gasteiger partial charge in [-0.15, -0.1) is 0 Å². The Bertz CT molecular complexity index is 455. The predicted molar refractivity (Wildman–Crippen MR) is 81.9 cm³/mol. The quantitative estimate of drug-likeness (QED) is 0.671. The first-order valence-corrected chi connectivity index (χ1v) is 7.05. The summed E-state index contributed by atoms with van der Waals surface area (Å²) in [5.74, 6) is -0.450. The van der Waals surface area contributed by atoms with Gasteiger partial charge in [-0.1, -0.05) is 12.1 Å². The van der Waals surface area contributed by atoms with Crippen molar-refractivity contribution in [1.82, 2.24) is 10.6 Å². The number of halogens is 1. The molecule has 21 heavy (non-hydrogen) atoms. The maximum absolute atomic E-state index is 14.1. The number of nitrogens with one attached hydrogen (secondary N) is 2. The lowest BCUT2D eigenvalue weighted by Crippen LogP contribution is -2.36. The Hall–Kier alpha value is -1.66. The van der Waals surface area contributed by atoms with Gasteiger partial charge in [0.25, 0.3) is 0 Å². The second-order valence-corrected chi connectivity index (χ2v) is 4.73. The summed E-state index contributed by atoms with van der Waals surface area (Å²) in [5, 5.41) is 5.89. The minimum atomic E-state index is -0.326. The predicted octanol–water partition coefficient (Wildman–Crippen LogP) is 1.13. The molecule has 1 rings (SSSR count). The van der Waals surface area contributed by atoms with Gasteiger partial charge in [0.2, 0.25) is 5.91 Å². The van der Waals surface area contributed by atoms with E-state index in [4.69, 9.17) is 4.74 Å². The summed E-state index contributed by atoms with van der Waals surface area (Å²) >= 11 is 0. The van der Waals surface area contributed by atoms with Crippen LogP contribution in [0.2, 0.25) is 0 Å². The van der Waals surface area contributed by atoms with Gasteiger partial charge in [0.15, 0.2) is 0 Å². The van der Waals surface area contributed by atoms with Gasteiger partial charge in [0, 0.05) is 33.8 Å². The van der Waals surface area contributed by atoms with Crippen molar-refractivity contribution in [3.8, 4) is 0 Å². The smallest absolute Gasteiger partial charge is 0.239 e. The maximum Gasteiger partial charge on any atom is 0.239 e. The molecule has 0 aromatic heterocycles. The summed E-state index contributed by atoms with van der Waals surface area (Å²) < 4.78 is 19.0. The van der Waals surface area contributed by atoms with Crippen LogP contribution in [0.15, 0.2) is 18.2 Å². The topological polar surface area (TPSA) is 53.6 Å². The summed E-state index contributed by atoms with van der Waals surface area (Å²) in [6.07, 6.45) is 0. The highest BCUT2D eigenvalue weighted by molar-refractivity contribution is 5.81. The second-order valence-electron chi connectivity index (χ2n) is 4.73. The van der Waals surface area contributed by atoms with Crippen LogP contribution in [0.5, 0.6) is 0 Å². The van der Waals surface area contributed by atoms with Gasteiger partial charge in [-0.25, -0.2) is 4.39 Å². The number of methoxy groups -OCH3 is 1. The first kappa shape index (κ1) is 17.4. The molecule has 0 heterocycles. The Balaban J connectivity index is 2.76. The lowest BCUT2D eigenvalue weighted by atomic mass is 10.1. The highest BCUT2D eigenvalue weighted by Crippen LogP contribution is 2.23. The van der Waals surface area contributed by atoms with Gasteiger partial charge in [-0.05, 0) is 18.6 Å². The van der Waals surface area contributed by atoms with Crippen LogP contribution in [-0.4, -0.2) is 46.3 Å². The molecule has 1 aromatic rings. The summed E-state index contributed by atoms with van der Waals surface area (Å²) in [6, 6.07) is 4.93. The Morgan fingerprint density at radius 3 is 2.86 bits per heavy atom. The van der Waals surface area contributed by atoms with E-state index in [1.807, 2.05) is 13.0 Å². The monoisotopic (exact) mass is 297 g/mol. The van der Waals surface area contributed by atoms with Crippen LogP contribution >= 0.6 is 0 Å². The van der Waals surface area contributed by atoms with Crippen LogP contribution < -0.4 is 15.5 Å². The van der Waals surface area contributed by atoms with Crippen molar-refractivity contribution in [2.24, 2.45) is 0 Å². The highest BCUT2D eigenvalue weighted by Gasteiger charge is 2.15. The molecule has 2 N–H and O–H groups in total. The van der Waals surface area contributed by atoms with Crippen molar-refractivity contribution in [3.63, 3.8) is 0 Å². The largest absolute Gasteiger partial charge is 0.383 e. The minimum absolute atomic E-state index is 0.124. The molecule has 0 saturated carbocycles. The molecule has 0 aliphatic heterocycles. The molecule has 0 spiro atoms. The van der Waals surface area contributed by atoms with E-state index < -0.39 is 0 Å². The lowest BCUT2D eigenvalue weighted by molar-refractivity contribution is -0.119. The Morgan fingerprint density at radius 1 is 1.43 bits per heavy atom. The van der Waals surface area contributed by atoms with Crippen molar-refractivity contribution in [3.05, 3.63) is 29.6 Å². The number of hydrogen-bond acceptors (Lipinski definition) is 4. The van der Waals surface area contributed by atoms with E-state index in [0.717, 1.165) is 5.56 Å². The number of amides is 1. The van der Waals surface area contributed by atoms with Crippen molar-refractivity contribution in [1.29, 1.82) is 0 Å². The average Bonchev–Trinajstić information content (AvgIpc) is 2.43. The van der Waals surface area contributed by atoms with E-state index in [1.165, 1.54) is 6.07 Å². The van der Waals surface area contributed by atoms with Crippen LogP contribution in [0.3, 0.4) is 0 Å². The van der Waals surface area contributed by atoms with Gasteiger partial charge in [-0.2, -0.15) is 0 Å². The summed E-state index contributed by atoms with van der Waals surface area (Å²) in [6.45, 7) is 4.35. The molecular formula is C15H24FN3O2. The zero-order valence-corrected chi connectivity index (χ0v) is 12.9. The third-order valence-corrected chi connectivity index (χ3v) is 3.01. The molecule has 118 valence electrons. The molecule has 0 atom stereocenters. The third kappa shape index (κ3) is 5.69. The number of hydrogen-bond donors (Lipinski definition) is 2. The summed E-state index contributed by atoms with van der Waals surface area (Å²) in [4.78, 5) is 13.3. The standard InChI is InChI=1S/C15H24FN3O2/c1-4-18-14(20)11-19(2)15-12(6-5-7-13(15)16)10-17-8-9-21-3/h5-7,17H,4,8-11H2,1-3H3,(H,18,20). The van der Waals surface area contributed by atoms with Crippen LogP contribution in [0, 0.1) is 5.82 Å². The molecule has 1 aromatic carbocycles. The van der Waals surface area contributed by atoms with Crippen LogP contribution in [0.1, 0.15) is 12.5 Å². The fourth-order valence-electron chi connectivity index (χ4n) is 2.07. The van der Waals surface area contributed by atoms with E-state index in [9.17, 15) is 9.18 Å². The number of para-hydroxylation sites is 1. The molecule has 0 aliphatic rings. The molecule has 0 fully saturated rings. The SMILES string of the molecule is CCNC(=O)CN(C)c1c(F)cccc1CNCCOC. The molecule has 0 unspecified atom stereocenters. The zero-order chi connectivity index (χ0) is 15.7. The van der Waals surface area contributed by atoms with E-state index in [1.54, 1.807) is 25.1 Å². The minimum Gasteiger partial charge on any atom is -0.383 e. The van der Waals surface area contributed by atoms with Crippen LogP contribution in [0.4, 0.5) is 10.1 Å². The third-order valence-electron chi connectivity index (χ3n) is 3.01. The fraction of sp³-hybridized carbons (Fsp3) is 0.533. The summed E-state index contributed by atoms with van der Waals surface area (Å²) in [5.41, 5.74) is 1.27. The number of nitrogens with zero attached hydrogens (tertiary/aromatic N) is 1. The average molecular weight is 297 g/mol. The Labute approximate surface area is 125 Å². The Morgan fingerprint density at radius 2 is 2.19 bits per heavy atom. The number of carbonyl (C=O) groups excluding carboxylic acids is 1. The molecule has 0 aliphatic carbocycles. The van der Waals surface area contributed by atoms with Crippen molar-refractivity contribution in [2.75, 3.05) is 45.3 Å². The van der Waals surface area contributed by atoms with Crippen LogP contribution in [0.25, 0.3) is 0 Å². The Kier molecular flexibility index (Phi) is 7.71. The van der Waals surface area contributed by atoms with Crippen LogP contribution in [-0.2, 0) is 16.1 Å².